The Morgan fingerprint density at radius 2 is 1.94 bits per heavy atom. The van der Waals surface area contributed by atoms with Crippen molar-refractivity contribution in [2.45, 2.75) is 12.3 Å². The van der Waals surface area contributed by atoms with Crippen LogP contribution < -0.4 is 9.47 Å². The summed E-state index contributed by atoms with van der Waals surface area (Å²) in [5, 5.41) is 18.8. The largest absolute Gasteiger partial charge is 0.493 e. The number of hydrogen-bond donors (Lipinski definition) is 2. The molecule has 0 heterocycles. The van der Waals surface area contributed by atoms with Crippen molar-refractivity contribution in [3.63, 3.8) is 0 Å². The zero-order chi connectivity index (χ0) is 12.4. The van der Waals surface area contributed by atoms with Crippen molar-refractivity contribution in [2.24, 2.45) is 5.92 Å². The highest BCUT2D eigenvalue weighted by molar-refractivity contribution is 5.55. The summed E-state index contributed by atoms with van der Waals surface area (Å²) in [6.45, 7) is 0.0904. The minimum Gasteiger partial charge on any atom is -0.493 e. The molecule has 1 aromatic rings. The Kier molecular flexibility index (Phi) is 3.54. The second-order valence-corrected chi connectivity index (χ2v) is 4.31. The van der Waals surface area contributed by atoms with Crippen LogP contribution in [-0.4, -0.2) is 37.6 Å². The van der Waals surface area contributed by atoms with Crippen molar-refractivity contribution in [2.75, 3.05) is 27.4 Å². The molecule has 0 saturated carbocycles. The highest BCUT2D eigenvalue weighted by Crippen LogP contribution is 2.46. The zero-order valence-corrected chi connectivity index (χ0v) is 10.1. The molecule has 0 radical (unpaired) electrons. The molecule has 0 amide bonds. The van der Waals surface area contributed by atoms with Crippen LogP contribution in [0.2, 0.25) is 0 Å². The Morgan fingerprint density at radius 3 is 2.47 bits per heavy atom. The SMILES string of the molecule is COc1ccc2c(c1OC)[C@H](CO)[C@@H](CO)C2. The van der Waals surface area contributed by atoms with Crippen LogP contribution in [-0.2, 0) is 6.42 Å². The molecule has 0 aromatic heterocycles. The highest BCUT2D eigenvalue weighted by atomic mass is 16.5. The molecule has 0 unspecified atom stereocenters. The minimum absolute atomic E-state index is 0.0156. The average molecular weight is 238 g/mol. The molecule has 17 heavy (non-hydrogen) atoms. The van der Waals surface area contributed by atoms with E-state index in [1.807, 2.05) is 12.1 Å². The minimum atomic E-state index is -0.0694. The van der Waals surface area contributed by atoms with Gasteiger partial charge in [0.05, 0.1) is 20.8 Å². The summed E-state index contributed by atoms with van der Waals surface area (Å²) in [7, 11) is 3.19. The first-order chi connectivity index (χ1) is 8.26. The molecule has 0 aliphatic heterocycles. The number of ether oxygens (including phenoxy) is 2. The van der Waals surface area contributed by atoms with Crippen molar-refractivity contribution in [3.05, 3.63) is 23.3 Å². The van der Waals surface area contributed by atoms with Crippen molar-refractivity contribution >= 4 is 0 Å². The summed E-state index contributed by atoms with van der Waals surface area (Å²) in [6.07, 6.45) is 0.775. The Morgan fingerprint density at radius 1 is 1.18 bits per heavy atom. The van der Waals surface area contributed by atoms with Crippen LogP contribution in [0.5, 0.6) is 11.5 Å². The van der Waals surface area contributed by atoms with E-state index in [4.69, 9.17) is 9.47 Å². The first-order valence-corrected chi connectivity index (χ1v) is 5.72. The lowest BCUT2D eigenvalue weighted by molar-refractivity contribution is 0.168. The quantitative estimate of drug-likeness (QED) is 0.819. The van der Waals surface area contributed by atoms with Gasteiger partial charge >= 0.3 is 0 Å². The average Bonchev–Trinajstić information content (AvgIpc) is 2.74. The third kappa shape index (κ3) is 1.87. The number of rotatable bonds is 4. The molecule has 0 fully saturated rings. The smallest absolute Gasteiger partial charge is 0.164 e. The summed E-state index contributed by atoms with van der Waals surface area (Å²) in [4.78, 5) is 0. The maximum Gasteiger partial charge on any atom is 0.164 e. The fraction of sp³-hybridized carbons (Fsp3) is 0.538. The molecule has 2 rings (SSSR count). The molecule has 0 saturated heterocycles. The molecule has 1 aliphatic rings. The van der Waals surface area contributed by atoms with Crippen LogP contribution in [0.1, 0.15) is 17.0 Å². The molecule has 0 spiro atoms. The maximum absolute atomic E-state index is 9.49. The van der Waals surface area contributed by atoms with E-state index in [9.17, 15) is 10.2 Å². The van der Waals surface area contributed by atoms with Gasteiger partial charge in [0.2, 0.25) is 0 Å². The first kappa shape index (κ1) is 12.2. The topological polar surface area (TPSA) is 58.9 Å². The van der Waals surface area contributed by atoms with E-state index in [2.05, 4.69) is 0 Å². The van der Waals surface area contributed by atoms with E-state index in [1.165, 1.54) is 0 Å². The number of benzene rings is 1. The van der Waals surface area contributed by atoms with E-state index >= 15 is 0 Å². The van der Waals surface area contributed by atoms with E-state index in [-0.39, 0.29) is 25.0 Å². The third-order valence-electron chi connectivity index (χ3n) is 3.53. The maximum atomic E-state index is 9.49. The molecular weight excluding hydrogens is 220 g/mol. The van der Waals surface area contributed by atoms with Gasteiger partial charge in [-0.3, -0.25) is 0 Å². The number of fused-ring (bicyclic) bond motifs is 1. The highest BCUT2D eigenvalue weighted by Gasteiger charge is 2.35. The summed E-state index contributed by atoms with van der Waals surface area (Å²) in [5.74, 6) is 1.35. The molecule has 94 valence electrons. The predicted molar refractivity (Wildman–Crippen MR) is 63.7 cm³/mol. The van der Waals surface area contributed by atoms with E-state index in [0.29, 0.717) is 11.5 Å². The van der Waals surface area contributed by atoms with E-state index in [1.54, 1.807) is 14.2 Å². The zero-order valence-electron chi connectivity index (χ0n) is 10.1. The van der Waals surface area contributed by atoms with Crippen LogP contribution in [0, 0.1) is 5.92 Å². The van der Waals surface area contributed by atoms with Crippen LogP contribution in [0.15, 0.2) is 12.1 Å². The van der Waals surface area contributed by atoms with Gasteiger partial charge in [-0.25, -0.2) is 0 Å². The molecule has 4 nitrogen and oxygen atoms in total. The van der Waals surface area contributed by atoms with Crippen LogP contribution in [0.4, 0.5) is 0 Å². The lowest BCUT2D eigenvalue weighted by Crippen LogP contribution is -2.16. The molecule has 0 bridgehead atoms. The van der Waals surface area contributed by atoms with Gasteiger partial charge in [-0.2, -0.15) is 0 Å². The predicted octanol–water partition coefficient (Wildman–Crippen LogP) is 0.944. The fourth-order valence-electron chi connectivity index (χ4n) is 2.67. The molecule has 1 aliphatic carbocycles. The number of methoxy groups -OCH3 is 2. The van der Waals surface area contributed by atoms with Gasteiger partial charge in [-0.05, 0) is 24.0 Å². The van der Waals surface area contributed by atoms with Crippen molar-refractivity contribution < 1.29 is 19.7 Å². The van der Waals surface area contributed by atoms with Crippen molar-refractivity contribution in [1.29, 1.82) is 0 Å². The first-order valence-electron chi connectivity index (χ1n) is 5.72. The number of hydrogen-bond acceptors (Lipinski definition) is 4. The third-order valence-corrected chi connectivity index (χ3v) is 3.53. The van der Waals surface area contributed by atoms with Gasteiger partial charge in [-0.1, -0.05) is 6.07 Å². The Balaban J connectivity index is 2.51. The van der Waals surface area contributed by atoms with E-state index in [0.717, 1.165) is 17.5 Å². The monoisotopic (exact) mass is 238 g/mol. The molecule has 1 aromatic carbocycles. The van der Waals surface area contributed by atoms with Gasteiger partial charge in [0.15, 0.2) is 11.5 Å². The van der Waals surface area contributed by atoms with Gasteiger partial charge < -0.3 is 19.7 Å². The van der Waals surface area contributed by atoms with Crippen molar-refractivity contribution in [1.82, 2.24) is 0 Å². The lowest BCUT2D eigenvalue weighted by Gasteiger charge is -2.18. The fourth-order valence-corrected chi connectivity index (χ4v) is 2.67. The summed E-state index contributed by atoms with van der Waals surface area (Å²) < 4.78 is 10.6. The Bertz CT molecular complexity index is 403. The van der Waals surface area contributed by atoms with Gasteiger partial charge in [0.1, 0.15) is 0 Å². The standard InChI is InChI=1S/C13H18O4/c1-16-11-4-3-8-5-9(6-14)10(7-15)12(8)13(11)17-2/h3-4,9-10,14-15H,5-7H2,1-2H3/t9-,10-/m1/s1. The Hall–Kier alpha value is -1.26. The second kappa shape index (κ2) is 4.94. The molecule has 4 heteroatoms. The van der Waals surface area contributed by atoms with Gasteiger partial charge in [0.25, 0.3) is 0 Å². The summed E-state index contributed by atoms with van der Waals surface area (Å²) in [6, 6.07) is 3.85. The van der Waals surface area contributed by atoms with Gasteiger partial charge in [-0.15, -0.1) is 0 Å². The summed E-state index contributed by atoms with van der Waals surface area (Å²) in [5.41, 5.74) is 2.11. The number of aliphatic hydroxyl groups is 2. The van der Waals surface area contributed by atoms with Crippen LogP contribution >= 0.6 is 0 Å². The van der Waals surface area contributed by atoms with Crippen LogP contribution in [0.3, 0.4) is 0 Å². The normalized spacial score (nSPS) is 22.4. The summed E-state index contributed by atoms with van der Waals surface area (Å²) >= 11 is 0. The van der Waals surface area contributed by atoms with Crippen LogP contribution in [0.25, 0.3) is 0 Å². The lowest BCUT2D eigenvalue weighted by atomic mass is 9.93. The van der Waals surface area contributed by atoms with Gasteiger partial charge in [0, 0.05) is 18.1 Å². The van der Waals surface area contributed by atoms with Crippen molar-refractivity contribution in [3.8, 4) is 11.5 Å². The van der Waals surface area contributed by atoms with E-state index < -0.39 is 0 Å². The Labute approximate surface area is 101 Å². The second-order valence-electron chi connectivity index (χ2n) is 4.31. The molecule has 2 N–H and O–H groups in total. The number of aliphatic hydroxyl groups excluding tert-OH is 2. The molecule has 2 atom stereocenters. The molecular formula is C13H18O4.